The molecule has 12 nitrogen and oxygen atoms in total. The first-order chi connectivity index (χ1) is 36.6. The van der Waals surface area contributed by atoms with Crippen molar-refractivity contribution in [2.24, 2.45) is 52.3 Å². The van der Waals surface area contributed by atoms with Crippen molar-refractivity contribution in [3.05, 3.63) is 107 Å². The van der Waals surface area contributed by atoms with Crippen LogP contribution in [0.15, 0.2) is 90.5 Å². The Balaban J connectivity index is 0.827. The lowest BCUT2D eigenvalue weighted by Gasteiger charge is -2.58. The van der Waals surface area contributed by atoms with E-state index in [-0.39, 0.29) is 56.1 Å². The van der Waals surface area contributed by atoms with Crippen LogP contribution in [0.25, 0.3) is 0 Å². The van der Waals surface area contributed by atoms with Crippen molar-refractivity contribution in [1.29, 1.82) is 0 Å². The quantitative estimate of drug-likeness (QED) is 0.0384. The summed E-state index contributed by atoms with van der Waals surface area (Å²) in [4.78, 5) is 53.2. The van der Waals surface area contributed by atoms with E-state index in [4.69, 9.17) is 23.7 Å². The standard InChI is InChI=1S/C64H88N2O10/c1-43(2)15-14-16-44(3)54-30-31-55-53-29-24-49-39-52(34-36-62(49,4)56(53)35-37-63(54,55)5)75-61(71)65-38-13-9-12-19-58(67)66-40-45(57(41-66)76-60(70)33-32-59(68)69)42-74-64(46-17-10-8-11-18-46,47-20-25-50(72-6)26-21-47)48-22-27-51(73-7)28-23-48/h8,10-11,17-18,20-28,43-45,52-57H,9,12-16,19,29-42H2,1-7H3,(H,65,71)(H,68,69). The van der Waals surface area contributed by atoms with Gasteiger partial charge in [0.05, 0.1) is 40.2 Å². The summed E-state index contributed by atoms with van der Waals surface area (Å²) in [6, 6.07) is 25.3. The number of hydrogen-bond donors (Lipinski definition) is 2. The van der Waals surface area contributed by atoms with Crippen LogP contribution >= 0.6 is 0 Å². The van der Waals surface area contributed by atoms with Gasteiger partial charge < -0.3 is 39.0 Å². The molecule has 3 aromatic carbocycles. The molecule has 76 heavy (non-hydrogen) atoms. The second-order valence-corrected chi connectivity index (χ2v) is 24.1. The van der Waals surface area contributed by atoms with Crippen LogP contribution in [0.5, 0.6) is 11.5 Å². The third-order valence-electron chi connectivity index (χ3n) is 19.1. The molecule has 3 saturated carbocycles. The second kappa shape index (κ2) is 25.4. The summed E-state index contributed by atoms with van der Waals surface area (Å²) < 4.78 is 30.2. The Hall–Kier alpha value is -5.36. The zero-order valence-corrected chi connectivity index (χ0v) is 46.7. The van der Waals surface area contributed by atoms with E-state index in [1.165, 1.54) is 56.9 Å². The van der Waals surface area contributed by atoms with Crippen LogP contribution in [0.3, 0.4) is 0 Å². The highest BCUT2D eigenvalue weighted by Crippen LogP contribution is 2.67. The van der Waals surface area contributed by atoms with Crippen molar-refractivity contribution in [3.8, 4) is 11.5 Å². The van der Waals surface area contributed by atoms with Crippen LogP contribution in [-0.4, -0.2) is 86.6 Å². The molecule has 12 heteroatoms. The fraction of sp³-hybridized carbons (Fsp3) is 0.625. The Labute approximate surface area is 453 Å². The van der Waals surface area contributed by atoms with E-state index >= 15 is 0 Å². The topological polar surface area (TPSA) is 150 Å². The molecule has 3 aromatic rings. The van der Waals surface area contributed by atoms with Crippen LogP contribution in [0.1, 0.15) is 160 Å². The van der Waals surface area contributed by atoms with E-state index in [1.54, 1.807) is 19.1 Å². The van der Waals surface area contributed by atoms with Crippen molar-refractivity contribution >= 4 is 23.9 Å². The highest BCUT2D eigenvalue weighted by molar-refractivity contribution is 5.78. The number of carboxylic acid groups (broad SMARTS) is 1. The predicted molar refractivity (Wildman–Crippen MR) is 295 cm³/mol. The van der Waals surface area contributed by atoms with Gasteiger partial charge in [0.2, 0.25) is 5.91 Å². The summed E-state index contributed by atoms with van der Waals surface area (Å²) in [7, 11) is 3.24. The molecular weight excluding hydrogens is 957 g/mol. The third kappa shape index (κ3) is 12.8. The van der Waals surface area contributed by atoms with Gasteiger partial charge >= 0.3 is 18.0 Å². The summed E-state index contributed by atoms with van der Waals surface area (Å²) in [6.07, 6.45) is 16.6. The number of nitrogens with zero attached hydrogens (tertiary/aromatic N) is 1. The number of ether oxygens (including phenoxy) is 5. The molecule has 1 aliphatic heterocycles. The largest absolute Gasteiger partial charge is 0.497 e. The molecule has 10 atom stereocenters. The Kier molecular flexibility index (Phi) is 19.0. The number of carboxylic acids is 1. The fourth-order valence-corrected chi connectivity index (χ4v) is 15.0. The molecule has 0 bridgehead atoms. The molecule has 0 radical (unpaired) electrons. The van der Waals surface area contributed by atoms with Crippen molar-refractivity contribution in [3.63, 3.8) is 0 Å². The molecule has 2 amide bonds. The van der Waals surface area contributed by atoms with Gasteiger partial charge in [-0.2, -0.15) is 0 Å². The molecule has 414 valence electrons. The lowest BCUT2D eigenvalue weighted by atomic mass is 9.47. The molecule has 8 rings (SSSR count). The fourth-order valence-electron chi connectivity index (χ4n) is 15.0. The molecule has 1 saturated heterocycles. The van der Waals surface area contributed by atoms with E-state index in [2.05, 4.69) is 46.0 Å². The van der Waals surface area contributed by atoms with Gasteiger partial charge in [-0.1, -0.05) is 127 Å². The summed E-state index contributed by atoms with van der Waals surface area (Å²) >= 11 is 0. The number of methoxy groups -OCH3 is 2. The second-order valence-electron chi connectivity index (χ2n) is 24.1. The average Bonchev–Trinajstić information content (AvgIpc) is 4.00. The number of carbonyl (C=O) groups is 4. The number of allylic oxidation sites excluding steroid dienone is 1. The zero-order valence-electron chi connectivity index (χ0n) is 46.7. The Bertz CT molecular complexity index is 2390. The molecular formula is C64H88N2O10. The first-order valence-corrected chi connectivity index (χ1v) is 28.9. The van der Waals surface area contributed by atoms with Gasteiger partial charge in [0, 0.05) is 31.8 Å². The van der Waals surface area contributed by atoms with Gasteiger partial charge in [-0.25, -0.2) is 4.79 Å². The van der Waals surface area contributed by atoms with Crippen LogP contribution in [0.2, 0.25) is 0 Å². The molecule has 10 unspecified atom stereocenters. The minimum atomic E-state index is -1.13. The number of likely N-dealkylation sites (tertiary alicyclic amines) is 1. The lowest BCUT2D eigenvalue weighted by molar-refractivity contribution is -0.154. The molecule has 5 aliphatic rings. The van der Waals surface area contributed by atoms with Crippen LogP contribution in [0, 0.1) is 52.3 Å². The van der Waals surface area contributed by atoms with Crippen molar-refractivity contribution in [2.45, 2.75) is 162 Å². The SMILES string of the molecule is COc1ccc(C(OCC2CN(C(=O)CCCCCNC(=O)OC3CCC4(C)C(=CCC5C4CCC4(C)C(C(C)CCCC(C)C)CCC54)C3)CC2OC(=O)CCC(=O)O)(c2ccccc2)c2ccc(OC)cc2)cc1. The van der Waals surface area contributed by atoms with Crippen LogP contribution in [0.4, 0.5) is 4.79 Å². The zero-order chi connectivity index (χ0) is 54.0. The Morgan fingerprint density at radius 2 is 1.42 bits per heavy atom. The number of nitrogens with one attached hydrogen (secondary N) is 1. The number of hydrogen-bond acceptors (Lipinski definition) is 9. The number of alkyl carbamates (subject to hydrolysis) is 1. The normalized spacial score (nSPS) is 27.3. The number of unbranched alkanes of at least 4 members (excludes halogenated alkanes) is 2. The van der Waals surface area contributed by atoms with Gasteiger partial charge in [-0.3, -0.25) is 14.4 Å². The molecule has 1 heterocycles. The summed E-state index contributed by atoms with van der Waals surface area (Å²) in [5.41, 5.74) is 3.59. The van der Waals surface area contributed by atoms with Gasteiger partial charge in [-0.15, -0.1) is 0 Å². The number of benzene rings is 3. The maximum atomic E-state index is 13.9. The van der Waals surface area contributed by atoms with E-state index in [9.17, 15) is 24.3 Å². The van der Waals surface area contributed by atoms with E-state index < -0.39 is 29.6 Å². The number of rotatable bonds is 24. The Morgan fingerprint density at radius 1 is 0.737 bits per heavy atom. The first-order valence-electron chi connectivity index (χ1n) is 28.9. The molecule has 0 spiro atoms. The Morgan fingerprint density at radius 3 is 2.08 bits per heavy atom. The van der Waals surface area contributed by atoms with Crippen molar-refractivity contribution < 1.29 is 48.0 Å². The summed E-state index contributed by atoms with van der Waals surface area (Å²) in [5.74, 6) is 3.93. The molecule has 0 aromatic heterocycles. The van der Waals surface area contributed by atoms with Crippen LogP contribution < -0.4 is 14.8 Å². The molecule has 4 aliphatic carbocycles. The van der Waals surface area contributed by atoms with Gasteiger partial charge in [0.25, 0.3) is 0 Å². The first kappa shape index (κ1) is 56.8. The van der Waals surface area contributed by atoms with E-state index in [0.29, 0.717) is 42.7 Å². The summed E-state index contributed by atoms with van der Waals surface area (Å²) in [5, 5.41) is 12.3. The number of amides is 2. The molecule has 2 N–H and O–H groups in total. The number of aliphatic carboxylic acids is 1. The van der Waals surface area contributed by atoms with Crippen LogP contribution in [-0.2, 0) is 34.2 Å². The number of esters is 1. The minimum absolute atomic E-state index is 0.0643. The highest BCUT2D eigenvalue weighted by atomic mass is 16.6. The number of fused-ring (bicyclic) bond motifs is 5. The third-order valence-corrected chi connectivity index (χ3v) is 19.1. The predicted octanol–water partition coefficient (Wildman–Crippen LogP) is 12.9. The molecule has 4 fully saturated rings. The van der Waals surface area contributed by atoms with Crippen molar-refractivity contribution in [2.75, 3.05) is 40.5 Å². The van der Waals surface area contributed by atoms with E-state index in [0.717, 1.165) is 77.9 Å². The van der Waals surface area contributed by atoms with E-state index in [1.807, 2.05) is 78.9 Å². The smallest absolute Gasteiger partial charge is 0.407 e. The summed E-state index contributed by atoms with van der Waals surface area (Å²) in [6.45, 7) is 13.5. The van der Waals surface area contributed by atoms with Gasteiger partial charge in [0.15, 0.2) is 0 Å². The monoisotopic (exact) mass is 1040 g/mol. The van der Waals surface area contributed by atoms with Crippen molar-refractivity contribution in [1.82, 2.24) is 10.2 Å². The maximum Gasteiger partial charge on any atom is 0.407 e. The minimum Gasteiger partial charge on any atom is -0.497 e. The maximum absolute atomic E-state index is 13.9. The van der Waals surface area contributed by atoms with Gasteiger partial charge in [-0.05, 0) is 145 Å². The highest BCUT2D eigenvalue weighted by Gasteiger charge is 2.59. The lowest BCUT2D eigenvalue weighted by Crippen LogP contribution is -2.51. The average molecular weight is 1050 g/mol. The van der Waals surface area contributed by atoms with Gasteiger partial charge in [0.1, 0.15) is 29.3 Å². The number of carbonyl (C=O) groups excluding carboxylic acids is 3.